The van der Waals surface area contributed by atoms with Gasteiger partial charge in [-0.15, -0.1) is 0 Å². The third-order valence-electron chi connectivity index (χ3n) is 8.24. The van der Waals surface area contributed by atoms with Gasteiger partial charge in [0.25, 0.3) is 11.8 Å². The number of phenolic OH excluding ortho intramolecular Hbond substituents is 1. The van der Waals surface area contributed by atoms with Crippen molar-refractivity contribution in [3.8, 4) is 5.75 Å². The number of carbonyl (C=O) groups excluding carboxylic acids is 1. The van der Waals surface area contributed by atoms with Crippen LogP contribution in [0.4, 0.5) is 24.5 Å². The lowest BCUT2D eigenvalue weighted by atomic mass is 9.88. The first-order chi connectivity index (χ1) is 21.6. The second kappa shape index (κ2) is 11.0. The van der Waals surface area contributed by atoms with Gasteiger partial charge < -0.3 is 14.8 Å². The zero-order chi connectivity index (χ0) is 33.2. The van der Waals surface area contributed by atoms with E-state index in [2.05, 4.69) is 10.3 Å². The van der Waals surface area contributed by atoms with E-state index in [0.717, 1.165) is 17.0 Å². The number of hydrogen-bond acceptors (Lipinski definition) is 7. The number of fused-ring (bicyclic) bond motifs is 1. The van der Waals surface area contributed by atoms with E-state index in [4.69, 9.17) is 4.42 Å². The molecule has 0 radical (unpaired) electrons. The molecular formula is C34H32F3N3O5S. The maximum Gasteiger partial charge on any atom is 0.281 e. The first-order valence-corrected chi connectivity index (χ1v) is 16.3. The number of para-hydroxylation sites is 1. The minimum atomic E-state index is -4.21. The Bertz CT molecular complexity index is 2010. The van der Waals surface area contributed by atoms with Crippen LogP contribution >= 0.6 is 0 Å². The van der Waals surface area contributed by atoms with Gasteiger partial charge in [0.1, 0.15) is 29.1 Å². The highest BCUT2D eigenvalue weighted by atomic mass is 32.2. The lowest BCUT2D eigenvalue weighted by Gasteiger charge is -2.37. The molecule has 4 aromatic rings. The van der Waals surface area contributed by atoms with E-state index in [1.54, 1.807) is 44.2 Å². The summed E-state index contributed by atoms with van der Waals surface area (Å²) >= 11 is 0. The largest absolute Gasteiger partial charge is 0.506 e. The number of oxazole rings is 1. The molecule has 12 heteroatoms. The van der Waals surface area contributed by atoms with E-state index in [0.29, 0.717) is 11.6 Å². The van der Waals surface area contributed by atoms with Gasteiger partial charge >= 0.3 is 0 Å². The maximum atomic E-state index is 16.4. The molecule has 8 nitrogen and oxygen atoms in total. The van der Waals surface area contributed by atoms with Crippen LogP contribution in [0.25, 0.3) is 0 Å². The van der Waals surface area contributed by atoms with Crippen molar-refractivity contribution in [1.29, 1.82) is 0 Å². The van der Waals surface area contributed by atoms with Crippen molar-refractivity contribution >= 4 is 27.1 Å². The summed E-state index contributed by atoms with van der Waals surface area (Å²) in [5.74, 6) is -5.72. The number of sulfone groups is 1. The fourth-order valence-electron chi connectivity index (χ4n) is 6.38. The summed E-state index contributed by atoms with van der Waals surface area (Å²) < 4.78 is 81.1. The lowest BCUT2D eigenvalue weighted by molar-refractivity contribution is -0.00416. The number of alkyl halides is 2. The zero-order valence-corrected chi connectivity index (χ0v) is 26.4. The Morgan fingerprint density at radius 1 is 1.11 bits per heavy atom. The van der Waals surface area contributed by atoms with E-state index in [1.807, 2.05) is 0 Å². The van der Waals surface area contributed by atoms with Crippen LogP contribution in [-0.2, 0) is 22.2 Å². The molecule has 2 aliphatic heterocycles. The molecule has 2 N–H and O–H groups in total. The van der Waals surface area contributed by atoms with Crippen molar-refractivity contribution < 1.29 is 35.9 Å². The third-order valence-corrected chi connectivity index (χ3v) is 10.5. The summed E-state index contributed by atoms with van der Waals surface area (Å²) in [5, 5.41) is 14.0. The van der Waals surface area contributed by atoms with Crippen LogP contribution in [0.5, 0.6) is 5.75 Å². The molecule has 6 rings (SSSR count). The van der Waals surface area contributed by atoms with Crippen LogP contribution < -0.4 is 10.2 Å². The average molecular weight is 652 g/mol. The number of nitrogens with one attached hydrogen (secondary N) is 1. The van der Waals surface area contributed by atoms with Crippen molar-refractivity contribution in [3.63, 3.8) is 0 Å². The van der Waals surface area contributed by atoms with Gasteiger partial charge in [0, 0.05) is 30.2 Å². The first kappa shape index (κ1) is 31.4. The molecule has 1 atom stereocenters. The highest BCUT2D eigenvalue weighted by Crippen LogP contribution is 2.52. The van der Waals surface area contributed by atoms with Crippen LogP contribution in [0.15, 0.2) is 81.7 Å². The van der Waals surface area contributed by atoms with Crippen LogP contribution in [-0.4, -0.2) is 30.2 Å². The summed E-state index contributed by atoms with van der Waals surface area (Å²) in [7, 11) is -4.21. The summed E-state index contributed by atoms with van der Waals surface area (Å²) in [6.07, 6.45) is -0.508. The SMILES string of the molecule is Cc1nc(C(=O)N2c3cccc(O)c3NC3=C([C@@H]2c2ccc(C(F)(F)Cc4ccccc4)cc2F)S(=O)(=O)CC(C)(C)C3)c(C)o1. The Morgan fingerprint density at radius 3 is 2.48 bits per heavy atom. The lowest BCUT2D eigenvalue weighted by Crippen LogP contribution is -2.41. The Labute approximate surface area is 264 Å². The fourth-order valence-corrected chi connectivity index (χ4v) is 8.74. The van der Waals surface area contributed by atoms with Gasteiger partial charge in [0.2, 0.25) is 0 Å². The maximum absolute atomic E-state index is 16.4. The number of hydrogen-bond donors (Lipinski definition) is 2. The topological polar surface area (TPSA) is 113 Å². The van der Waals surface area contributed by atoms with Gasteiger partial charge in [-0.2, -0.15) is 0 Å². The summed E-state index contributed by atoms with van der Waals surface area (Å²) in [6, 6.07) is 13.6. The Hall–Kier alpha value is -4.58. The fraction of sp³-hybridized carbons (Fsp3) is 0.294. The molecule has 1 aromatic heterocycles. The number of anilines is 2. The number of halogens is 3. The molecule has 0 unspecified atom stereocenters. The van der Waals surface area contributed by atoms with E-state index >= 15 is 13.2 Å². The highest BCUT2D eigenvalue weighted by Gasteiger charge is 2.48. The van der Waals surface area contributed by atoms with E-state index in [1.165, 1.54) is 32.0 Å². The number of rotatable bonds is 5. The van der Waals surface area contributed by atoms with Crippen molar-refractivity contribution in [3.05, 3.63) is 117 Å². The standard InChI is InChI=1S/C34H32F3N3O5S/c1-19-28(38-20(2)45-19)32(42)40-26-11-8-12-27(41)29(26)39-25-17-33(3,4)18-46(43,44)31(25)30(40)23-14-13-22(15-24(23)35)34(36,37)16-21-9-6-5-7-10-21/h5-15,30,39,41H,16-18H2,1-4H3/t30-/m0/s1. The highest BCUT2D eigenvalue weighted by molar-refractivity contribution is 7.95. The molecule has 0 spiro atoms. The molecular weight excluding hydrogens is 619 g/mol. The number of aromatic nitrogens is 1. The van der Waals surface area contributed by atoms with Gasteiger partial charge in [-0.1, -0.05) is 62.4 Å². The zero-order valence-electron chi connectivity index (χ0n) is 25.6. The number of aryl methyl sites for hydroxylation is 2. The van der Waals surface area contributed by atoms with E-state index in [9.17, 15) is 18.3 Å². The van der Waals surface area contributed by atoms with Gasteiger partial charge in [0.15, 0.2) is 21.4 Å². The quantitative estimate of drug-likeness (QED) is 0.217. The number of aromatic hydroxyl groups is 1. The predicted octanol–water partition coefficient (Wildman–Crippen LogP) is 7.34. The Balaban J connectivity index is 1.60. The van der Waals surface area contributed by atoms with Crippen LogP contribution in [0.1, 0.15) is 65.1 Å². The summed E-state index contributed by atoms with van der Waals surface area (Å²) in [6.45, 7) is 6.57. The smallest absolute Gasteiger partial charge is 0.281 e. The van der Waals surface area contributed by atoms with Crippen molar-refractivity contribution in [2.24, 2.45) is 5.41 Å². The van der Waals surface area contributed by atoms with Gasteiger partial charge in [-0.25, -0.2) is 26.6 Å². The van der Waals surface area contributed by atoms with Crippen molar-refractivity contribution in [2.45, 2.75) is 52.5 Å². The van der Waals surface area contributed by atoms with Crippen molar-refractivity contribution in [1.82, 2.24) is 4.98 Å². The molecule has 0 aliphatic carbocycles. The minimum absolute atomic E-state index is 0.0306. The minimum Gasteiger partial charge on any atom is -0.506 e. The summed E-state index contributed by atoms with van der Waals surface area (Å²) in [4.78, 5) is 19.4. The first-order valence-electron chi connectivity index (χ1n) is 14.6. The Kier molecular flexibility index (Phi) is 7.54. The molecule has 3 aromatic carbocycles. The van der Waals surface area contributed by atoms with Crippen LogP contribution in [0.3, 0.4) is 0 Å². The molecule has 1 amide bonds. The molecule has 0 saturated heterocycles. The average Bonchev–Trinajstić information content (AvgIpc) is 3.22. The third kappa shape index (κ3) is 5.55. The Morgan fingerprint density at radius 2 is 1.83 bits per heavy atom. The van der Waals surface area contributed by atoms with Crippen molar-refractivity contribution in [2.75, 3.05) is 16.0 Å². The number of nitrogens with zero attached hydrogens (tertiary/aromatic N) is 2. The predicted molar refractivity (Wildman–Crippen MR) is 167 cm³/mol. The van der Waals surface area contributed by atoms with Gasteiger partial charge in [-0.3, -0.25) is 9.69 Å². The second-order valence-corrected chi connectivity index (χ2v) is 14.5. The molecule has 46 heavy (non-hydrogen) atoms. The number of allylic oxidation sites excluding steroid dienone is 1. The number of carbonyl (C=O) groups is 1. The molecule has 2 aliphatic rings. The number of amides is 1. The van der Waals surface area contributed by atoms with Crippen LogP contribution in [0, 0.1) is 25.1 Å². The van der Waals surface area contributed by atoms with Gasteiger partial charge in [-0.05, 0) is 42.5 Å². The van der Waals surface area contributed by atoms with E-state index < -0.39 is 50.9 Å². The summed E-state index contributed by atoms with van der Waals surface area (Å²) in [5.41, 5.74) is -1.27. The molecule has 240 valence electrons. The number of benzene rings is 3. The van der Waals surface area contributed by atoms with E-state index in [-0.39, 0.29) is 62.8 Å². The molecule has 0 saturated carbocycles. The van der Waals surface area contributed by atoms with Gasteiger partial charge in [0.05, 0.1) is 16.3 Å². The monoisotopic (exact) mass is 651 g/mol. The second-order valence-electron chi connectivity index (χ2n) is 12.6. The van der Waals surface area contributed by atoms with Crippen LogP contribution in [0.2, 0.25) is 0 Å². The molecule has 0 bridgehead atoms. The molecule has 3 heterocycles. The normalized spacial score (nSPS) is 18.8. The molecule has 0 fully saturated rings. The number of phenols is 1.